The van der Waals surface area contributed by atoms with E-state index in [9.17, 15) is 39.1 Å². The lowest BCUT2D eigenvalue weighted by Gasteiger charge is -2.17. The van der Waals surface area contributed by atoms with Crippen LogP contribution in [0.25, 0.3) is 0 Å². The zero-order chi connectivity index (χ0) is 29.5. The fraction of sp³-hybridized carbons (Fsp3) is 0.103. The Kier molecular flexibility index (Phi) is 9.93. The molecule has 40 heavy (non-hydrogen) atoms. The molecule has 0 radical (unpaired) electrons. The van der Waals surface area contributed by atoms with E-state index in [-0.39, 0.29) is 0 Å². The number of hydrogen-bond donors (Lipinski definition) is 0. The molecule has 0 aliphatic rings. The van der Waals surface area contributed by atoms with Gasteiger partial charge in [0.15, 0.2) is 32.6 Å². The lowest BCUT2D eigenvalue weighted by atomic mass is 9.79. The van der Waals surface area contributed by atoms with Crippen molar-refractivity contribution in [1.82, 2.24) is 0 Å². The predicted molar refractivity (Wildman–Crippen MR) is 142 cm³/mol. The molecule has 0 bridgehead atoms. The largest absolute Gasteiger partial charge is 0.515 e. The topological polar surface area (TPSA) is 17.1 Å². The Hall–Kier alpha value is -3.91. The van der Waals surface area contributed by atoms with Gasteiger partial charge < -0.3 is 12.9 Å². The molecule has 0 aromatic heterocycles. The van der Waals surface area contributed by atoms with Gasteiger partial charge in [-0.05, 0) is 41.1 Å². The third-order valence-corrected chi connectivity index (χ3v) is 6.89. The zero-order valence-corrected chi connectivity index (χ0v) is 21.7. The van der Waals surface area contributed by atoms with Crippen molar-refractivity contribution in [2.75, 3.05) is 6.26 Å². The van der Waals surface area contributed by atoms with Gasteiger partial charge in [-0.3, -0.25) is 0 Å². The molecule has 4 aromatic carbocycles. The molecule has 208 valence electrons. The van der Waals surface area contributed by atoms with Crippen LogP contribution in [0.1, 0.15) is 22.3 Å². The fourth-order valence-corrected chi connectivity index (χ4v) is 4.77. The third kappa shape index (κ3) is 8.30. The van der Waals surface area contributed by atoms with Crippen LogP contribution in [-0.4, -0.2) is 13.2 Å². The van der Waals surface area contributed by atoms with E-state index in [1.807, 2.05) is 36.4 Å². The van der Waals surface area contributed by atoms with E-state index in [1.165, 1.54) is 11.1 Å². The summed E-state index contributed by atoms with van der Waals surface area (Å²) < 4.78 is 110. The molecule has 0 aliphatic carbocycles. The summed E-state index contributed by atoms with van der Waals surface area (Å²) >= 11 is 0. The van der Waals surface area contributed by atoms with Crippen molar-refractivity contribution in [3.63, 3.8) is 0 Å². The summed E-state index contributed by atoms with van der Waals surface area (Å²) in [6.45, 7) is -6.30. The molecular weight excluding hydrogens is 559 g/mol. The molecule has 0 saturated heterocycles. The molecule has 11 heteroatoms. The van der Waals surface area contributed by atoms with E-state index in [0.29, 0.717) is 5.75 Å². The average molecular weight is 580 g/mol. The van der Waals surface area contributed by atoms with Crippen molar-refractivity contribution in [2.24, 2.45) is 0 Å². The fourth-order valence-electron chi connectivity index (χ4n) is 3.54. The van der Waals surface area contributed by atoms with Crippen molar-refractivity contribution in [3.8, 4) is 11.2 Å². The average Bonchev–Trinajstić information content (AvgIpc) is 2.92. The van der Waals surface area contributed by atoms with Gasteiger partial charge in [0, 0.05) is 11.1 Å². The highest BCUT2D eigenvalue weighted by molar-refractivity contribution is 8.05. The summed E-state index contributed by atoms with van der Waals surface area (Å²) in [5.74, 6) is -10.0. The van der Waals surface area contributed by atoms with Crippen LogP contribution < -0.4 is 5.46 Å². The zero-order valence-electron chi connectivity index (χ0n) is 20.9. The first-order valence-electron chi connectivity index (χ1n) is 11.7. The molecule has 4 rings (SSSR count). The van der Waals surface area contributed by atoms with Crippen LogP contribution in [-0.2, 0) is 26.3 Å². The monoisotopic (exact) mass is 580 g/mol. The van der Waals surface area contributed by atoms with E-state index >= 15 is 0 Å². The first-order chi connectivity index (χ1) is 18.8. The molecule has 0 aliphatic heterocycles. The second kappa shape index (κ2) is 13.0. The van der Waals surface area contributed by atoms with Crippen LogP contribution >= 0.6 is 0 Å². The molecular formula is C29H21BF8OS. The van der Waals surface area contributed by atoms with Gasteiger partial charge in [-0.1, -0.05) is 77.0 Å². The van der Waals surface area contributed by atoms with Crippen LogP contribution in [0.5, 0.6) is 0 Å². The van der Waals surface area contributed by atoms with Crippen LogP contribution in [0.15, 0.2) is 84.9 Å². The summed E-state index contributed by atoms with van der Waals surface area (Å²) in [6, 6.07) is 28.4. The molecule has 0 amide bonds. The highest BCUT2D eigenvalue weighted by Crippen LogP contribution is 2.21. The second-order valence-electron chi connectivity index (χ2n) is 8.78. The summed E-state index contributed by atoms with van der Waals surface area (Å²) in [7, 11) is -2.22. The quantitative estimate of drug-likeness (QED) is 0.0603. The predicted octanol–water partition coefficient (Wildman–Crippen LogP) is 7.35. The Morgan fingerprint density at radius 1 is 0.625 bits per heavy atom. The molecule has 0 saturated carbocycles. The third-order valence-electron chi connectivity index (χ3n) is 5.47. The molecule has 0 spiro atoms. The Labute approximate surface area is 227 Å². The second-order valence-corrected chi connectivity index (χ2v) is 11.3. The molecule has 0 heterocycles. The number of rotatable bonds is 5. The van der Waals surface area contributed by atoms with Gasteiger partial charge in [0.1, 0.15) is 23.6 Å². The first-order valence-corrected chi connectivity index (χ1v) is 13.8. The lowest BCUT2D eigenvalue weighted by molar-refractivity contribution is 0.377. The molecule has 0 N–H and O–H groups in total. The van der Waals surface area contributed by atoms with E-state index < -0.39 is 51.5 Å². The maximum atomic E-state index is 12.7. The van der Waals surface area contributed by atoms with Gasteiger partial charge in [0.25, 0.3) is 0 Å². The van der Waals surface area contributed by atoms with Crippen LogP contribution in [0.4, 0.5) is 34.9 Å². The van der Waals surface area contributed by atoms with Crippen molar-refractivity contribution in [1.29, 1.82) is 0 Å². The Balaban J connectivity index is 0.000000252. The van der Waals surface area contributed by atoms with Crippen LogP contribution in [0, 0.1) is 40.3 Å². The van der Waals surface area contributed by atoms with Crippen LogP contribution in [0.2, 0.25) is 0 Å². The summed E-state index contributed by atoms with van der Waals surface area (Å²) in [5.41, 5.74) is 1.78. The normalized spacial score (nSPS) is 12.4. The van der Waals surface area contributed by atoms with Crippen molar-refractivity contribution < 1.29 is 39.1 Å². The maximum Gasteiger partial charge on any atom is 0.515 e. The van der Waals surface area contributed by atoms with Gasteiger partial charge in [-0.2, -0.15) is 0 Å². The molecule has 1 nitrogen and oxygen atoms in total. The summed E-state index contributed by atoms with van der Waals surface area (Å²) in [5, 5.41) is 2.96. The molecule has 4 aromatic rings. The standard InChI is InChI=1S/C23H21OS.C6BF8/c1-25(24,17-16-20-8-4-2-5-9-20)19-23-14-12-22(13-15-23)18-21-10-6-3-7-11-21;8-2-1(7(13,14)15)3(9)5(11)6(12)4(2)10/h2-15H,18-19H2,1H3;/q+1;-1. The van der Waals surface area contributed by atoms with Gasteiger partial charge in [0.05, 0.1) is 0 Å². The lowest BCUT2D eigenvalue weighted by Crippen LogP contribution is -2.41. The van der Waals surface area contributed by atoms with Gasteiger partial charge >= 0.3 is 6.98 Å². The summed E-state index contributed by atoms with van der Waals surface area (Å²) in [4.78, 5) is 0. The Morgan fingerprint density at radius 3 is 1.55 bits per heavy atom. The Morgan fingerprint density at radius 2 is 1.05 bits per heavy atom. The van der Waals surface area contributed by atoms with Crippen molar-refractivity contribution in [2.45, 2.75) is 12.2 Å². The Bertz CT molecular complexity index is 1530. The van der Waals surface area contributed by atoms with Gasteiger partial charge in [-0.25, -0.2) is 22.0 Å². The van der Waals surface area contributed by atoms with Crippen molar-refractivity contribution >= 4 is 22.4 Å². The SMILES string of the molecule is C[S+](=O)(C#Cc1ccccc1)Cc1ccc(Cc2ccccc2)cc1.Fc1c(F)c(F)c([B-](F)(F)F)c(F)c1F. The highest BCUT2D eigenvalue weighted by Gasteiger charge is 2.37. The number of halogens is 8. The maximum absolute atomic E-state index is 12.7. The molecule has 1 unspecified atom stereocenters. The van der Waals surface area contributed by atoms with E-state index in [2.05, 4.69) is 59.7 Å². The minimum atomic E-state index is -6.30. The number of benzene rings is 4. The highest BCUT2D eigenvalue weighted by atomic mass is 32.2. The van der Waals surface area contributed by atoms with E-state index in [4.69, 9.17) is 0 Å². The minimum absolute atomic E-state index is 0.485. The minimum Gasteiger partial charge on any atom is -0.445 e. The molecule has 0 fully saturated rings. The van der Waals surface area contributed by atoms with Gasteiger partial charge in [0.2, 0.25) is 0 Å². The molecule has 1 atom stereocenters. The number of hydrogen-bond acceptors (Lipinski definition) is 1. The first kappa shape index (κ1) is 30.6. The summed E-state index contributed by atoms with van der Waals surface area (Å²) in [6.07, 6.45) is 2.65. The smallest absolute Gasteiger partial charge is 0.445 e. The van der Waals surface area contributed by atoms with Gasteiger partial charge in [-0.15, -0.1) is 0 Å². The van der Waals surface area contributed by atoms with E-state index in [1.54, 1.807) is 6.26 Å². The van der Waals surface area contributed by atoms with Crippen molar-refractivity contribution in [3.05, 3.63) is 136 Å². The van der Waals surface area contributed by atoms with E-state index in [0.717, 1.165) is 17.5 Å². The van der Waals surface area contributed by atoms with Crippen LogP contribution in [0.3, 0.4) is 0 Å².